The van der Waals surface area contributed by atoms with Crippen LogP contribution >= 0.6 is 11.6 Å². The highest BCUT2D eigenvalue weighted by Gasteiger charge is 2.26. The summed E-state index contributed by atoms with van der Waals surface area (Å²) < 4.78 is 0. The maximum absolute atomic E-state index is 11.9. The molecule has 0 spiro atoms. The largest absolute Gasteiger partial charge is 0.349 e. The third kappa shape index (κ3) is 3.72. The third-order valence-electron chi connectivity index (χ3n) is 2.84. The van der Waals surface area contributed by atoms with Crippen molar-refractivity contribution in [3.05, 3.63) is 34.9 Å². The van der Waals surface area contributed by atoms with E-state index in [9.17, 15) is 4.79 Å². The molecule has 0 aliphatic rings. The smallest absolute Gasteiger partial charge is 0.227 e. The molecule has 0 radical (unpaired) electrons. The highest BCUT2D eigenvalue weighted by molar-refractivity contribution is 6.30. The van der Waals surface area contributed by atoms with E-state index in [1.165, 1.54) is 0 Å². The average molecular weight is 255 g/mol. The number of hydrogen-bond donors (Lipinski definition) is 2. The first-order valence-electron chi connectivity index (χ1n) is 5.63. The summed E-state index contributed by atoms with van der Waals surface area (Å²) in [5.41, 5.74) is 6.05. The Hall–Kier alpha value is -1.06. The Morgan fingerprint density at radius 3 is 2.41 bits per heavy atom. The summed E-state index contributed by atoms with van der Waals surface area (Å²) in [4.78, 5) is 11.9. The number of amides is 1. The molecular weight excluding hydrogens is 236 g/mol. The van der Waals surface area contributed by atoms with Crippen molar-refractivity contribution in [1.82, 2.24) is 5.32 Å². The molecule has 1 atom stereocenters. The fourth-order valence-corrected chi connectivity index (χ4v) is 1.45. The van der Waals surface area contributed by atoms with E-state index in [0.717, 1.165) is 5.56 Å². The molecule has 0 fully saturated rings. The van der Waals surface area contributed by atoms with E-state index in [4.69, 9.17) is 17.3 Å². The summed E-state index contributed by atoms with van der Waals surface area (Å²) in [6.07, 6.45) is 0. The van der Waals surface area contributed by atoms with Crippen LogP contribution < -0.4 is 11.1 Å². The summed E-state index contributed by atoms with van der Waals surface area (Å²) >= 11 is 5.81. The van der Waals surface area contributed by atoms with Crippen LogP contribution in [0, 0.1) is 5.41 Å². The van der Waals surface area contributed by atoms with Gasteiger partial charge in [-0.1, -0.05) is 23.7 Å². The lowest BCUT2D eigenvalue weighted by molar-refractivity contribution is -0.129. The maximum atomic E-state index is 11.9. The average Bonchev–Trinajstić information content (AvgIpc) is 2.29. The quantitative estimate of drug-likeness (QED) is 0.868. The van der Waals surface area contributed by atoms with Crippen LogP contribution in [-0.4, -0.2) is 12.5 Å². The SMILES string of the molecule is CC(NC(=O)C(C)(C)CN)c1ccc(Cl)cc1. The van der Waals surface area contributed by atoms with Gasteiger partial charge in [0.2, 0.25) is 5.91 Å². The van der Waals surface area contributed by atoms with E-state index in [0.29, 0.717) is 11.6 Å². The molecule has 3 nitrogen and oxygen atoms in total. The predicted octanol–water partition coefficient (Wildman–Crippen LogP) is 2.50. The minimum Gasteiger partial charge on any atom is -0.349 e. The highest BCUT2D eigenvalue weighted by atomic mass is 35.5. The zero-order valence-electron chi connectivity index (χ0n) is 10.5. The molecule has 0 saturated heterocycles. The Kier molecular flexibility index (Phi) is 4.54. The van der Waals surface area contributed by atoms with Crippen LogP contribution in [-0.2, 0) is 4.79 Å². The van der Waals surface area contributed by atoms with Crippen LogP contribution in [0.1, 0.15) is 32.4 Å². The van der Waals surface area contributed by atoms with Crippen LogP contribution in [0.25, 0.3) is 0 Å². The second-order valence-corrected chi connectivity index (χ2v) is 5.27. The standard InChI is InChI=1S/C13H19ClN2O/c1-9(10-4-6-11(14)7-5-10)16-12(17)13(2,3)8-15/h4-7,9H,8,15H2,1-3H3,(H,16,17). The highest BCUT2D eigenvalue weighted by Crippen LogP contribution is 2.19. The molecule has 1 rings (SSSR count). The van der Waals surface area contributed by atoms with Gasteiger partial charge in [-0.15, -0.1) is 0 Å². The zero-order chi connectivity index (χ0) is 13.1. The van der Waals surface area contributed by atoms with Crippen molar-refractivity contribution < 1.29 is 4.79 Å². The topological polar surface area (TPSA) is 55.1 Å². The zero-order valence-corrected chi connectivity index (χ0v) is 11.2. The van der Waals surface area contributed by atoms with Gasteiger partial charge in [-0.3, -0.25) is 4.79 Å². The Morgan fingerprint density at radius 2 is 1.94 bits per heavy atom. The molecule has 1 aromatic rings. The van der Waals surface area contributed by atoms with Crippen molar-refractivity contribution in [3.63, 3.8) is 0 Å². The van der Waals surface area contributed by atoms with Crippen LogP contribution in [0.4, 0.5) is 0 Å². The van der Waals surface area contributed by atoms with Gasteiger partial charge in [0, 0.05) is 11.6 Å². The fraction of sp³-hybridized carbons (Fsp3) is 0.462. The summed E-state index contributed by atoms with van der Waals surface area (Å²) in [7, 11) is 0. The molecule has 1 unspecified atom stereocenters. The van der Waals surface area contributed by atoms with E-state index in [1.54, 1.807) is 0 Å². The lowest BCUT2D eigenvalue weighted by Crippen LogP contribution is -2.42. The van der Waals surface area contributed by atoms with Crippen molar-refractivity contribution in [2.24, 2.45) is 11.1 Å². The molecule has 1 aromatic carbocycles. The summed E-state index contributed by atoms with van der Waals surface area (Å²) in [5.74, 6) is -0.0394. The fourth-order valence-electron chi connectivity index (χ4n) is 1.32. The van der Waals surface area contributed by atoms with Crippen LogP contribution in [0.5, 0.6) is 0 Å². The van der Waals surface area contributed by atoms with Gasteiger partial charge in [0.25, 0.3) is 0 Å². The van der Waals surface area contributed by atoms with Gasteiger partial charge in [0.05, 0.1) is 11.5 Å². The van der Waals surface area contributed by atoms with Crippen LogP contribution in [0.15, 0.2) is 24.3 Å². The second-order valence-electron chi connectivity index (χ2n) is 4.83. The number of nitrogens with one attached hydrogen (secondary N) is 1. The van der Waals surface area contributed by atoms with E-state index < -0.39 is 5.41 Å². The minimum atomic E-state index is -0.541. The van der Waals surface area contributed by atoms with Gasteiger partial charge in [-0.2, -0.15) is 0 Å². The van der Waals surface area contributed by atoms with Gasteiger partial charge in [-0.25, -0.2) is 0 Å². The second kappa shape index (κ2) is 5.52. The van der Waals surface area contributed by atoms with E-state index in [1.807, 2.05) is 45.0 Å². The summed E-state index contributed by atoms with van der Waals surface area (Å²) in [6.45, 7) is 5.92. The molecule has 3 N–H and O–H groups in total. The van der Waals surface area contributed by atoms with Gasteiger partial charge in [0.1, 0.15) is 0 Å². The maximum Gasteiger partial charge on any atom is 0.227 e. The molecule has 0 aliphatic carbocycles. The number of hydrogen-bond acceptors (Lipinski definition) is 2. The van der Waals surface area contributed by atoms with E-state index in [2.05, 4.69) is 5.32 Å². The normalized spacial score (nSPS) is 13.2. The van der Waals surface area contributed by atoms with E-state index >= 15 is 0 Å². The van der Waals surface area contributed by atoms with Crippen molar-refractivity contribution in [1.29, 1.82) is 0 Å². The molecule has 17 heavy (non-hydrogen) atoms. The number of benzene rings is 1. The molecule has 0 bridgehead atoms. The number of carbonyl (C=O) groups is 1. The van der Waals surface area contributed by atoms with Gasteiger partial charge >= 0.3 is 0 Å². The number of rotatable bonds is 4. The summed E-state index contributed by atoms with van der Waals surface area (Å²) in [6, 6.07) is 7.39. The molecular formula is C13H19ClN2O. The molecule has 1 amide bonds. The first kappa shape index (κ1) is 14.0. The van der Waals surface area contributed by atoms with Crippen molar-refractivity contribution in [2.45, 2.75) is 26.8 Å². The van der Waals surface area contributed by atoms with Gasteiger partial charge in [-0.05, 0) is 38.5 Å². The van der Waals surface area contributed by atoms with Crippen LogP contribution in [0.3, 0.4) is 0 Å². The Morgan fingerprint density at radius 1 is 1.41 bits per heavy atom. The number of halogens is 1. The van der Waals surface area contributed by atoms with Crippen molar-refractivity contribution >= 4 is 17.5 Å². The molecule has 4 heteroatoms. The molecule has 0 saturated carbocycles. The predicted molar refractivity (Wildman–Crippen MR) is 70.8 cm³/mol. The van der Waals surface area contributed by atoms with Crippen molar-refractivity contribution in [2.75, 3.05) is 6.54 Å². The number of carbonyl (C=O) groups excluding carboxylic acids is 1. The Bertz CT molecular complexity index is 387. The number of nitrogens with two attached hydrogens (primary N) is 1. The lowest BCUT2D eigenvalue weighted by Gasteiger charge is -2.24. The summed E-state index contributed by atoms with van der Waals surface area (Å²) in [5, 5.41) is 3.63. The van der Waals surface area contributed by atoms with Gasteiger partial charge < -0.3 is 11.1 Å². The molecule has 94 valence electrons. The lowest BCUT2D eigenvalue weighted by atomic mass is 9.92. The molecule has 0 heterocycles. The first-order chi connectivity index (χ1) is 7.86. The molecule has 0 aromatic heterocycles. The van der Waals surface area contributed by atoms with Crippen LogP contribution in [0.2, 0.25) is 5.02 Å². The van der Waals surface area contributed by atoms with Crippen molar-refractivity contribution in [3.8, 4) is 0 Å². The Labute approximate surface area is 107 Å². The van der Waals surface area contributed by atoms with E-state index in [-0.39, 0.29) is 11.9 Å². The monoisotopic (exact) mass is 254 g/mol. The Balaban J connectivity index is 2.70. The molecule has 0 aliphatic heterocycles. The minimum absolute atomic E-state index is 0.0394. The van der Waals surface area contributed by atoms with Gasteiger partial charge in [0.15, 0.2) is 0 Å². The third-order valence-corrected chi connectivity index (χ3v) is 3.09. The first-order valence-corrected chi connectivity index (χ1v) is 6.01.